The van der Waals surface area contributed by atoms with Crippen LogP contribution >= 0.6 is 0 Å². The number of benzene rings is 1. The maximum absolute atomic E-state index is 12.0. The van der Waals surface area contributed by atoms with Crippen molar-refractivity contribution in [2.24, 2.45) is 11.5 Å². The van der Waals surface area contributed by atoms with Gasteiger partial charge < -0.3 is 34.1 Å². The zero-order valence-corrected chi connectivity index (χ0v) is 18.2. The average Bonchev–Trinajstić information content (AvgIpc) is 3.38. The van der Waals surface area contributed by atoms with Crippen molar-refractivity contribution < 1.29 is 43.4 Å². The summed E-state index contributed by atoms with van der Waals surface area (Å²) in [6.45, 7) is 1.42. The molecule has 0 unspecified atom stereocenters. The fourth-order valence-electron chi connectivity index (χ4n) is 3.56. The molecule has 33 heavy (non-hydrogen) atoms. The van der Waals surface area contributed by atoms with Crippen LogP contribution in [0.15, 0.2) is 30.3 Å². The molecule has 2 saturated heterocycles. The third-order valence-electron chi connectivity index (χ3n) is 5.22. The van der Waals surface area contributed by atoms with Crippen LogP contribution in [0.5, 0.6) is 0 Å². The van der Waals surface area contributed by atoms with Crippen molar-refractivity contribution in [3.8, 4) is 0 Å². The van der Waals surface area contributed by atoms with Gasteiger partial charge in [-0.25, -0.2) is 9.59 Å². The SMILES string of the molecule is NC(N)=[NH+]CCCO[C@H]1CO[C@H]2[C@@H]1OC[C@H]2OC[C@H](NC(=O)OCc1ccccc1)C(=O)O. The molecule has 7 N–H and O–H groups in total. The summed E-state index contributed by atoms with van der Waals surface area (Å²) in [7, 11) is 0. The van der Waals surface area contributed by atoms with Crippen molar-refractivity contribution in [1.29, 1.82) is 0 Å². The number of carboxylic acids is 1. The third-order valence-corrected chi connectivity index (χ3v) is 5.22. The van der Waals surface area contributed by atoms with E-state index in [1.807, 2.05) is 18.2 Å². The van der Waals surface area contributed by atoms with Crippen molar-refractivity contribution in [2.75, 3.05) is 33.0 Å². The minimum Gasteiger partial charge on any atom is -0.480 e. The minimum atomic E-state index is -1.28. The first-order chi connectivity index (χ1) is 15.9. The summed E-state index contributed by atoms with van der Waals surface area (Å²) in [6.07, 6.45) is -1.53. The van der Waals surface area contributed by atoms with Gasteiger partial charge in [-0.3, -0.25) is 16.5 Å². The number of nitrogens with two attached hydrogens (primary N) is 2. The number of hydrogen-bond donors (Lipinski definition) is 5. The van der Waals surface area contributed by atoms with Crippen LogP contribution in [-0.2, 0) is 35.1 Å². The van der Waals surface area contributed by atoms with Gasteiger partial charge in [-0.05, 0) is 5.56 Å². The largest absolute Gasteiger partial charge is 0.480 e. The number of fused-ring (bicyclic) bond motifs is 1. The molecule has 12 nitrogen and oxygen atoms in total. The normalized spacial score (nSPS) is 24.6. The van der Waals surface area contributed by atoms with E-state index in [-0.39, 0.29) is 44.1 Å². The first kappa shape index (κ1) is 24.7. The molecule has 2 heterocycles. The highest BCUT2D eigenvalue weighted by atomic mass is 16.6. The van der Waals surface area contributed by atoms with Gasteiger partial charge in [0.2, 0.25) is 0 Å². The number of carbonyl (C=O) groups excluding carboxylic acids is 1. The van der Waals surface area contributed by atoms with E-state index in [9.17, 15) is 14.7 Å². The molecule has 182 valence electrons. The molecule has 1 aromatic rings. The lowest BCUT2D eigenvalue weighted by molar-refractivity contribution is -0.460. The highest BCUT2D eigenvalue weighted by Gasteiger charge is 2.49. The fraction of sp³-hybridized carbons (Fsp3) is 0.571. The van der Waals surface area contributed by atoms with Gasteiger partial charge in [-0.1, -0.05) is 30.3 Å². The highest BCUT2D eigenvalue weighted by Crippen LogP contribution is 2.30. The number of rotatable bonds is 12. The molecule has 0 bridgehead atoms. The standard InChI is InChI=1S/C21H30N4O8/c22-20(23)24-7-4-8-29-15-11-31-18-16(12-32-17(15)18)30-10-14(19(26)27)25-21(28)33-9-13-5-2-1-3-6-13/h1-3,5-6,14-18H,4,7-12H2,(H,25,28)(H,26,27)(H4,22,23,24)/p+1/t14-,15-,16+,17+,18+/m0/s1. The molecule has 1 aromatic carbocycles. The van der Waals surface area contributed by atoms with Gasteiger partial charge >= 0.3 is 18.0 Å². The lowest BCUT2D eigenvalue weighted by Gasteiger charge is -2.20. The second-order valence-corrected chi connectivity index (χ2v) is 7.71. The molecule has 0 aromatic heterocycles. The maximum atomic E-state index is 12.0. The molecule has 1 amide bonds. The zero-order chi connectivity index (χ0) is 23.6. The van der Waals surface area contributed by atoms with Crippen LogP contribution in [-0.4, -0.2) is 86.6 Å². The second-order valence-electron chi connectivity index (χ2n) is 7.71. The monoisotopic (exact) mass is 467 g/mol. The molecular weight excluding hydrogens is 436 g/mol. The number of nitrogens with one attached hydrogen (secondary N) is 2. The van der Waals surface area contributed by atoms with Crippen LogP contribution in [0.2, 0.25) is 0 Å². The van der Waals surface area contributed by atoms with Gasteiger partial charge in [0.1, 0.15) is 31.0 Å². The van der Waals surface area contributed by atoms with Crippen molar-refractivity contribution in [1.82, 2.24) is 5.32 Å². The van der Waals surface area contributed by atoms with Crippen LogP contribution in [0.25, 0.3) is 0 Å². The molecule has 5 atom stereocenters. The van der Waals surface area contributed by atoms with E-state index in [0.717, 1.165) is 5.56 Å². The summed E-state index contributed by atoms with van der Waals surface area (Å²) in [4.78, 5) is 26.4. The number of carbonyl (C=O) groups is 2. The summed E-state index contributed by atoms with van der Waals surface area (Å²) >= 11 is 0. The number of aliphatic carboxylic acids is 1. The minimum absolute atomic E-state index is 0.0310. The Morgan fingerprint density at radius 1 is 1.12 bits per heavy atom. The molecule has 0 saturated carbocycles. The number of carboxylic acid groups (broad SMARTS) is 1. The topological polar surface area (TPSA) is 179 Å². The van der Waals surface area contributed by atoms with Gasteiger partial charge in [-0.2, -0.15) is 0 Å². The first-order valence-corrected chi connectivity index (χ1v) is 10.7. The van der Waals surface area contributed by atoms with E-state index >= 15 is 0 Å². The molecular formula is C21H31N4O8+. The van der Waals surface area contributed by atoms with Gasteiger partial charge in [0.25, 0.3) is 0 Å². The zero-order valence-electron chi connectivity index (χ0n) is 18.2. The molecule has 2 aliphatic heterocycles. The van der Waals surface area contributed by atoms with E-state index in [1.165, 1.54) is 0 Å². The van der Waals surface area contributed by atoms with Crippen LogP contribution in [0.3, 0.4) is 0 Å². The lowest BCUT2D eigenvalue weighted by Crippen LogP contribution is -2.78. The van der Waals surface area contributed by atoms with Gasteiger partial charge in [0.05, 0.1) is 33.0 Å². The van der Waals surface area contributed by atoms with Crippen LogP contribution in [0.1, 0.15) is 12.0 Å². The smallest absolute Gasteiger partial charge is 0.408 e. The summed E-state index contributed by atoms with van der Waals surface area (Å²) in [5, 5.41) is 11.7. The summed E-state index contributed by atoms with van der Waals surface area (Å²) in [5.41, 5.74) is 11.5. The van der Waals surface area contributed by atoms with Crippen LogP contribution in [0.4, 0.5) is 4.79 Å². The summed E-state index contributed by atoms with van der Waals surface area (Å²) in [5.74, 6) is -1.07. The molecule has 2 fully saturated rings. The Labute approximate surface area is 191 Å². The van der Waals surface area contributed by atoms with E-state index < -0.39 is 24.2 Å². The summed E-state index contributed by atoms with van der Waals surface area (Å²) in [6, 6.07) is 7.79. The maximum Gasteiger partial charge on any atom is 0.408 e. The van der Waals surface area contributed by atoms with Crippen LogP contribution < -0.4 is 21.8 Å². The molecule has 0 aliphatic carbocycles. The van der Waals surface area contributed by atoms with Crippen molar-refractivity contribution in [3.63, 3.8) is 0 Å². The van der Waals surface area contributed by atoms with Gasteiger partial charge in [0.15, 0.2) is 6.04 Å². The van der Waals surface area contributed by atoms with E-state index in [4.69, 9.17) is 35.2 Å². The van der Waals surface area contributed by atoms with Gasteiger partial charge in [0, 0.05) is 6.42 Å². The fourth-order valence-corrected chi connectivity index (χ4v) is 3.56. The Balaban J connectivity index is 1.39. The highest BCUT2D eigenvalue weighted by molar-refractivity contribution is 5.80. The molecule has 12 heteroatoms. The predicted octanol–water partition coefficient (Wildman–Crippen LogP) is -2.32. The average molecular weight is 467 g/mol. The lowest BCUT2D eigenvalue weighted by atomic mass is 10.1. The number of guanidine groups is 1. The Morgan fingerprint density at radius 3 is 2.42 bits per heavy atom. The van der Waals surface area contributed by atoms with Crippen LogP contribution in [0, 0.1) is 0 Å². The quantitative estimate of drug-likeness (QED) is 0.127. The van der Waals surface area contributed by atoms with E-state index in [2.05, 4.69) is 10.3 Å². The van der Waals surface area contributed by atoms with Crippen molar-refractivity contribution >= 4 is 18.0 Å². The second kappa shape index (κ2) is 12.3. The predicted molar refractivity (Wildman–Crippen MR) is 114 cm³/mol. The van der Waals surface area contributed by atoms with Crippen molar-refractivity contribution in [3.05, 3.63) is 35.9 Å². The third kappa shape index (κ3) is 7.56. The number of amides is 1. The molecule has 0 spiro atoms. The van der Waals surface area contributed by atoms with Gasteiger partial charge in [-0.15, -0.1) is 0 Å². The number of hydrogen-bond acceptors (Lipinski definition) is 7. The Bertz CT molecular complexity index is 805. The molecule has 3 rings (SSSR count). The Hall–Kier alpha value is -2.93. The van der Waals surface area contributed by atoms with Crippen molar-refractivity contribution in [2.45, 2.75) is 43.5 Å². The van der Waals surface area contributed by atoms with E-state index in [1.54, 1.807) is 12.1 Å². The number of ether oxygens (including phenoxy) is 5. The first-order valence-electron chi connectivity index (χ1n) is 10.7. The number of alkyl carbamates (subject to hydrolysis) is 1. The molecule has 2 aliphatic rings. The summed E-state index contributed by atoms with van der Waals surface area (Å²) < 4.78 is 28.2. The Kier molecular flexibility index (Phi) is 9.24. The molecule has 0 radical (unpaired) electrons. The van der Waals surface area contributed by atoms with E-state index in [0.29, 0.717) is 26.2 Å². The Morgan fingerprint density at radius 2 is 1.79 bits per heavy atom.